The van der Waals surface area contributed by atoms with Crippen molar-refractivity contribution >= 4 is 57.5 Å². The van der Waals surface area contributed by atoms with Crippen molar-refractivity contribution in [2.24, 2.45) is 0 Å². The lowest BCUT2D eigenvalue weighted by Crippen LogP contribution is -2.37. The molecule has 0 spiro atoms. The van der Waals surface area contributed by atoms with E-state index in [1.54, 1.807) is 18.2 Å². The number of carboxylic acids is 1. The molecule has 0 aliphatic rings. The molecule has 0 aliphatic carbocycles. The van der Waals surface area contributed by atoms with E-state index in [0.29, 0.717) is 11.4 Å². The molecule has 0 heterocycles. The van der Waals surface area contributed by atoms with E-state index in [4.69, 9.17) is 17.0 Å². The van der Waals surface area contributed by atoms with Gasteiger partial charge in [0, 0.05) is 3.57 Å². The first-order chi connectivity index (χ1) is 12.3. The maximum absolute atomic E-state index is 12.0. The van der Waals surface area contributed by atoms with Crippen molar-refractivity contribution in [3.05, 3.63) is 56.7 Å². The van der Waals surface area contributed by atoms with Crippen LogP contribution in [0.5, 0.6) is 5.75 Å². The van der Waals surface area contributed by atoms with Gasteiger partial charge in [0.05, 0.1) is 11.3 Å². The van der Waals surface area contributed by atoms with Gasteiger partial charge in [0.15, 0.2) is 11.7 Å². The van der Waals surface area contributed by atoms with Crippen LogP contribution in [0.25, 0.3) is 0 Å². The summed E-state index contributed by atoms with van der Waals surface area (Å²) in [6.07, 6.45) is 0. The predicted octanol–water partition coefficient (Wildman–Crippen LogP) is 3.50. The molecule has 0 saturated carbocycles. The first-order valence-electron chi connectivity index (χ1n) is 7.60. The van der Waals surface area contributed by atoms with E-state index in [1.165, 1.54) is 6.07 Å². The van der Waals surface area contributed by atoms with E-state index in [-0.39, 0.29) is 17.3 Å². The van der Waals surface area contributed by atoms with Crippen molar-refractivity contribution in [1.29, 1.82) is 0 Å². The van der Waals surface area contributed by atoms with E-state index < -0.39 is 11.9 Å². The van der Waals surface area contributed by atoms with Crippen LogP contribution in [-0.2, 0) is 4.79 Å². The van der Waals surface area contributed by atoms with Crippen molar-refractivity contribution in [1.82, 2.24) is 5.32 Å². The fraction of sp³-hybridized carbons (Fsp3) is 0.167. The van der Waals surface area contributed by atoms with Crippen LogP contribution in [0.3, 0.4) is 0 Å². The number of halogens is 1. The van der Waals surface area contributed by atoms with E-state index in [1.807, 2.05) is 48.6 Å². The molecule has 136 valence electrons. The zero-order valence-electron chi connectivity index (χ0n) is 14.1. The third kappa shape index (κ3) is 5.67. The molecule has 8 heteroatoms. The lowest BCUT2D eigenvalue weighted by molar-refractivity contribution is -0.121. The van der Waals surface area contributed by atoms with Crippen molar-refractivity contribution in [2.45, 2.75) is 13.8 Å². The summed E-state index contributed by atoms with van der Waals surface area (Å²) in [6, 6.07) is 10.4. The molecule has 0 fully saturated rings. The first-order valence-corrected chi connectivity index (χ1v) is 9.08. The van der Waals surface area contributed by atoms with Gasteiger partial charge in [-0.25, -0.2) is 4.79 Å². The number of carboxylic acid groups (broad SMARTS) is 1. The summed E-state index contributed by atoms with van der Waals surface area (Å²) in [6.45, 7) is 3.75. The van der Waals surface area contributed by atoms with E-state index >= 15 is 0 Å². The van der Waals surface area contributed by atoms with Crippen LogP contribution in [0.2, 0.25) is 0 Å². The van der Waals surface area contributed by atoms with Gasteiger partial charge in [0.2, 0.25) is 0 Å². The number of hydrogen-bond acceptors (Lipinski definition) is 4. The van der Waals surface area contributed by atoms with Gasteiger partial charge in [-0.15, -0.1) is 0 Å². The molecule has 0 saturated heterocycles. The lowest BCUT2D eigenvalue weighted by Gasteiger charge is -2.13. The molecular formula is C18H17IN2O4S. The maximum atomic E-state index is 12.0. The van der Waals surface area contributed by atoms with E-state index in [2.05, 4.69) is 10.6 Å². The number of carbonyl (C=O) groups is 2. The number of thiocarbonyl (C=S) groups is 1. The number of hydrogen-bond donors (Lipinski definition) is 3. The third-order valence-corrected chi connectivity index (χ3v) is 4.44. The molecule has 2 rings (SSSR count). The minimum atomic E-state index is -1.08. The highest BCUT2D eigenvalue weighted by Crippen LogP contribution is 2.19. The first kappa shape index (κ1) is 20.1. The quantitative estimate of drug-likeness (QED) is 0.445. The second-order valence-corrected chi connectivity index (χ2v) is 7.19. The molecular weight excluding hydrogens is 467 g/mol. The summed E-state index contributed by atoms with van der Waals surface area (Å²) < 4.78 is 6.22. The molecule has 0 bridgehead atoms. The Bertz CT molecular complexity index is 870. The van der Waals surface area contributed by atoms with Gasteiger partial charge in [-0.3, -0.25) is 10.1 Å². The van der Waals surface area contributed by atoms with Crippen LogP contribution in [0.15, 0.2) is 36.4 Å². The number of ether oxygens (including phenoxy) is 1. The summed E-state index contributed by atoms with van der Waals surface area (Å²) >= 11 is 7.09. The number of amides is 1. The van der Waals surface area contributed by atoms with E-state index in [9.17, 15) is 14.7 Å². The molecule has 26 heavy (non-hydrogen) atoms. The Morgan fingerprint density at radius 2 is 1.88 bits per heavy atom. The Hall–Kier alpha value is -2.20. The molecule has 0 unspecified atom stereocenters. The Kier molecular flexibility index (Phi) is 6.92. The normalized spacial score (nSPS) is 10.1. The van der Waals surface area contributed by atoms with Crippen LogP contribution in [0.1, 0.15) is 21.5 Å². The molecule has 0 aliphatic heterocycles. The fourth-order valence-corrected chi connectivity index (χ4v) is 2.79. The molecule has 1 amide bonds. The molecule has 2 aromatic carbocycles. The monoisotopic (exact) mass is 484 g/mol. The van der Waals surface area contributed by atoms with Gasteiger partial charge in [0.25, 0.3) is 5.91 Å². The summed E-state index contributed by atoms with van der Waals surface area (Å²) in [4.78, 5) is 23.3. The second-order valence-electron chi connectivity index (χ2n) is 5.53. The van der Waals surface area contributed by atoms with Gasteiger partial charge in [0.1, 0.15) is 5.75 Å². The van der Waals surface area contributed by atoms with Gasteiger partial charge in [-0.05, 0) is 90.1 Å². The van der Waals surface area contributed by atoms with Crippen molar-refractivity contribution < 1.29 is 19.4 Å². The van der Waals surface area contributed by atoms with Gasteiger partial charge < -0.3 is 15.2 Å². The van der Waals surface area contributed by atoms with Crippen LogP contribution >= 0.6 is 34.8 Å². The number of anilines is 1. The Morgan fingerprint density at radius 1 is 1.15 bits per heavy atom. The molecule has 2 aromatic rings. The Balaban J connectivity index is 1.92. The number of carbonyl (C=O) groups excluding carboxylic acids is 1. The average molecular weight is 484 g/mol. The Morgan fingerprint density at radius 3 is 2.54 bits per heavy atom. The topological polar surface area (TPSA) is 87.7 Å². The fourth-order valence-electron chi connectivity index (χ4n) is 2.07. The molecule has 3 N–H and O–H groups in total. The molecule has 0 atom stereocenters. The summed E-state index contributed by atoms with van der Waals surface area (Å²) in [5, 5.41) is 14.4. The summed E-state index contributed by atoms with van der Waals surface area (Å²) in [7, 11) is 0. The summed E-state index contributed by atoms with van der Waals surface area (Å²) in [5.74, 6) is -0.936. The van der Waals surface area contributed by atoms with Crippen LogP contribution < -0.4 is 15.4 Å². The predicted molar refractivity (Wildman–Crippen MR) is 112 cm³/mol. The molecule has 6 nitrogen and oxygen atoms in total. The highest BCUT2D eigenvalue weighted by Gasteiger charge is 2.13. The van der Waals surface area contributed by atoms with Crippen molar-refractivity contribution in [2.75, 3.05) is 11.9 Å². The SMILES string of the molecule is Cc1ccc(OCC(=O)NC(=S)Nc2ccc(I)cc2C(=O)O)cc1C. The molecule has 0 radical (unpaired) electrons. The largest absolute Gasteiger partial charge is 0.484 e. The van der Waals surface area contributed by atoms with E-state index in [0.717, 1.165) is 14.7 Å². The molecule has 0 aromatic heterocycles. The lowest BCUT2D eigenvalue weighted by atomic mass is 10.1. The van der Waals surface area contributed by atoms with Crippen molar-refractivity contribution in [3.63, 3.8) is 0 Å². The Labute approximate surface area is 170 Å². The highest BCUT2D eigenvalue weighted by molar-refractivity contribution is 14.1. The van der Waals surface area contributed by atoms with Crippen LogP contribution in [0, 0.1) is 17.4 Å². The number of rotatable bonds is 5. The minimum absolute atomic E-state index is 0.00222. The smallest absolute Gasteiger partial charge is 0.337 e. The minimum Gasteiger partial charge on any atom is -0.484 e. The third-order valence-electron chi connectivity index (χ3n) is 3.56. The van der Waals surface area contributed by atoms with Gasteiger partial charge in [-0.1, -0.05) is 6.07 Å². The van der Waals surface area contributed by atoms with Gasteiger partial charge in [-0.2, -0.15) is 0 Å². The van der Waals surface area contributed by atoms with Crippen LogP contribution in [-0.4, -0.2) is 28.7 Å². The number of nitrogens with one attached hydrogen (secondary N) is 2. The maximum Gasteiger partial charge on any atom is 0.337 e. The highest BCUT2D eigenvalue weighted by atomic mass is 127. The van der Waals surface area contributed by atoms with Gasteiger partial charge >= 0.3 is 5.97 Å². The number of benzene rings is 2. The second kappa shape index (κ2) is 8.95. The summed E-state index contributed by atoms with van der Waals surface area (Å²) in [5.41, 5.74) is 2.58. The standard InChI is InChI=1S/C18H17IN2O4S/c1-10-3-5-13(7-11(10)2)25-9-16(22)21-18(26)20-15-6-4-12(19)8-14(15)17(23)24/h3-8H,9H2,1-2H3,(H,23,24)(H2,20,21,22,26). The number of aryl methyl sites for hydroxylation is 2. The zero-order chi connectivity index (χ0) is 19.3. The van der Waals surface area contributed by atoms with Crippen molar-refractivity contribution in [3.8, 4) is 5.75 Å². The average Bonchev–Trinajstić information content (AvgIpc) is 2.57. The zero-order valence-corrected chi connectivity index (χ0v) is 17.1. The number of aromatic carboxylic acids is 1. The van der Waals surface area contributed by atoms with Crippen LogP contribution in [0.4, 0.5) is 5.69 Å².